The van der Waals surface area contributed by atoms with E-state index in [0.29, 0.717) is 6.42 Å². The number of sulfonamides is 1. The van der Waals surface area contributed by atoms with Gasteiger partial charge >= 0.3 is 0 Å². The van der Waals surface area contributed by atoms with Gasteiger partial charge in [-0.3, -0.25) is 4.79 Å². The summed E-state index contributed by atoms with van der Waals surface area (Å²) in [5, 5.41) is 2.82. The van der Waals surface area contributed by atoms with Crippen LogP contribution < -0.4 is 5.32 Å². The summed E-state index contributed by atoms with van der Waals surface area (Å²) in [6.07, 6.45) is 2.48. The third-order valence-corrected chi connectivity index (χ3v) is 5.20. The van der Waals surface area contributed by atoms with Crippen LogP contribution in [0.4, 0.5) is 5.69 Å². The number of benzene rings is 2. The highest BCUT2D eigenvalue weighted by Crippen LogP contribution is 2.15. The number of nitrogens with zero attached hydrogens (tertiary/aromatic N) is 1. The van der Waals surface area contributed by atoms with Gasteiger partial charge in [0.05, 0.1) is 12.8 Å². The van der Waals surface area contributed by atoms with Crippen molar-refractivity contribution in [3.63, 3.8) is 0 Å². The second-order valence-corrected chi connectivity index (χ2v) is 7.87. The fraction of sp³-hybridized carbons (Fsp3) is 0.316. The largest absolute Gasteiger partial charge is 0.325 e. The van der Waals surface area contributed by atoms with Crippen molar-refractivity contribution in [2.75, 3.05) is 24.7 Å². The lowest BCUT2D eigenvalue weighted by Gasteiger charge is -2.20. The first-order valence-electron chi connectivity index (χ1n) is 8.27. The highest BCUT2D eigenvalue weighted by atomic mass is 32.2. The van der Waals surface area contributed by atoms with Gasteiger partial charge < -0.3 is 5.32 Å². The molecule has 0 fully saturated rings. The molecule has 0 saturated heterocycles. The zero-order valence-electron chi connectivity index (χ0n) is 14.6. The topological polar surface area (TPSA) is 66.5 Å². The fourth-order valence-electron chi connectivity index (χ4n) is 2.56. The first-order chi connectivity index (χ1) is 11.9. The average Bonchev–Trinajstić information content (AvgIpc) is 2.59. The van der Waals surface area contributed by atoms with Gasteiger partial charge in [-0.25, -0.2) is 8.42 Å². The summed E-state index contributed by atoms with van der Waals surface area (Å²) < 4.78 is 25.2. The first-order valence-corrected chi connectivity index (χ1v) is 10.1. The maximum Gasteiger partial charge on any atom is 0.239 e. The van der Waals surface area contributed by atoms with Gasteiger partial charge in [-0.1, -0.05) is 55.5 Å². The van der Waals surface area contributed by atoms with Crippen LogP contribution in [0.15, 0.2) is 54.6 Å². The SMILES string of the molecule is CCc1ccccc1NC(=O)CN(CCc1ccccc1)S(C)(=O)=O. The molecular weight excluding hydrogens is 336 g/mol. The molecule has 0 aromatic heterocycles. The van der Waals surface area contributed by atoms with E-state index in [1.807, 2.05) is 61.5 Å². The number of anilines is 1. The molecule has 25 heavy (non-hydrogen) atoms. The molecule has 0 atom stereocenters. The number of rotatable bonds is 8. The molecule has 0 unspecified atom stereocenters. The maximum atomic E-state index is 12.3. The highest BCUT2D eigenvalue weighted by molar-refractivity contribution is 7.88. The number of hydrogen-bond acceptors (Lipinski definition) is 3. The normalized spacial score (nSPS) is 11.5. The molecule has 134 valence electrons. The Bertz CT molecular complexity index is 804. The second-order valence-electron chi connectivity index (χ2n) is 5.89. The Balaban J connectivity index is 2.02. The van der Waals surface area contributed by atoms with Crippen LogP contribution in [-0.4, -0.2) is 38.0 Å². The van der Waals surface area contributed by atoms with E-state index in [4.69, 9.17) is 0 Å². The van der Waals surface area contributed by atoms with Gasteiger partial charge in [0.1, 0.15) is 0 Å². The summed E-state index contributed by atoms with van der Waals surface area (Å²) in [6.45, 7) is 2.09. The van der Waals surface area contributed by atoms with Crippen LogP contribution in [0.1, 0.15) is 18.1 Å². The van der Waals surface area contributed by atoms with Gasteiger partial charge in [0.15, 0.2) is 0 Å². The van der Waals surface area contributed by atoms with Gasteiger partial charge in [0, 0.05) is 12.2 Å². The van der Waals surface area contributed by atoms with Gasteiger partial charge in [0.25, 0.3) is 0 Å². The zero-order chi connectivity index (χ0) is 18.3. The number of para-hydroxylation sites is 1. The highest BCUT2D eigenvalue weighted by Gasteiger charge is 2.20. The molecular formula is C19H24N2O3S. The molecule has 0 saturated carbocycles. The molecule has 6 heteroatoms. The Kier molecular flexibility index (Phi) is 6.73. The van der Waals surface area contributed by atoms with Crippen molar-refractivity contribution >= 4 is 21.6 Å². The smallest absolute Gasteiger partial charge is 0.239 e. The molecule has 0 aliphatic heterocycles. The first kappa shape index (κ1) is 19.1. The van der Waals surface area contributed by atoms with Crippen molar-refractivity contribution in [3.05, 3.63) is 65.7 Å². The van der Waals surface area contributed by atoms with Crippen LogP contribution in [0.3, 0.4) is 0 Å². The minimum atomic E-state index is -3.47. The lowest BCUT2D eigenvalue weighted by atomic mass is 10.1. The molecule has 2 rings (SSSR count). The minimum absolute atomic E-state index is 0.191. The molecule has 1 amide bonds. The lowest BCUT2D eigenvalue weighted by molar-refractivity contribution is -0.116. The molecule has 2 aromatic rings. The molecule has 0 bridgehead atoms. The van der Waals surface area contributed by atoms with Crippen molar-refractivity contribution in [2.45, 2.75) is 19.8 Å². The quantitative estimate of drug-likeness (QED) is 0.787. The number of carbonyl (C=O) groups is 1. The number of carbonyl (C=O) groups excluding carboxylic acids is 1. The van der Waals surface area contributed by atoms with E-state index in [2.05, 4.69) is 5.32 Å². The Morgan fingerprint density at radius 2 is 1.68 bits per heavy atom. The number of amides is 1. The molecule has 0 spiro atoms. The molecule has 5 nitrogen and oxygen atoms in total. The van der Waals surface area contributed by atoms with E-state index in [1.165, 1.54) is 4.31 Å². The van der Waals surface area contributed by atoms with E-state index < -0.39 is 10.0 Å². The molecule has 1 N–H and O–H groups in total. The van der Waals surface area contributed by atoms with Crippen LogP contribution in [0.5, 0.6) is 0 Å². The van der Waals surface area contributed by atoms with Crippen LogP contribution >= 0.6 is 0 Å². The molecule has 0 radical (unpaired) electrons. The van der Waals surface area contributed by atoms with Crippen molar-refractivity contribution in [1.29, 1.82) is 0 Å². The lowest BCUT2D eigenvalue weighted by Crippen LogP contribution is -2.38. The van der Waals surface area contributed by atoms with Crippen LogP contribution in [0, 0.1) is 0 Å². The van der Waals surface area contributed by atoms with Crippen LogP contribution in [0.2, 0.25) is 0 Å². The molecule has 2 aromatic carbocycles. The summed E-state index contributed by atoms with van der Waals surface area (Å²) in [5.41, 5.74) is 2.78. The second kappa shape index (κ2) is 8.78. The number of nitrogens with one attached hydrogen (secondary N) is 1. The fourth-order valence-corrected chi connectivity index (χ4v) is 3.34. The Morgan fingerprint density at radius 1 is 1.04 bits per heavy atom. The zero-order valence-corrected chi connectivity index (χ0v) is 15.4. The Hall–Kier alpha value is -2.18. The summed E-state index contributed by atoms with van der Waals surface area (Å²) in [5.74, 6) is -0.334. The average molecular weight is 360 g/mol. The summed E-state index contributed by atoms with van der Waals surface area (Å²) in [7, 11) is -3.47. The van der Waals surface area contributed by atoms with Crippen LogP contribution in [-0.2, 0) is 27.7 Å². The Labute approximate surface area is 149 Å². The summed E-state index contributed by atoms with van der Waals surface area (Å²) >= 11 is 0. The summed E-state index contributed by atoms with van der Waals surface area (Å²) in [6, 6.07) is 17.1. The summed E-state index contributed by atoms with van der Waals surface area (Å²) in [4.78, 5) is 12.3. The Morgan fingerprint density at radius 3 is 2.32 bits per heavy atom. The molecule has 0 aliphatic rings. The van der Waals surface area contributed by atoms with Gasteiger partial charge in [-0.05, 0) is 30.0 Å². The third-order valence-electron chi connectivity index (χ3n) is 3.95. The van der Waals surface area contributed by atoms with Crippen molar-refractivity contribution < 1.29 is 13.2 Å². The molecule has 0 aliphatic carbocycles. The maximum absolute atomic E-state index is 12.3. The van der Waals surface area contributed by atoms with Crippen molar-refractivity contribution in [3.8, 4) is 0 Å². The predicted octanol–water partition coefficient (Wildman–Crippen LogP) is 2.69. The van der Waals surface area contributed by atoms with Gasteiger partial charge in [-0.15, -0.1) is 0 Å². The number of hydrogen-bond donors (Lipinski definition) is 1. The van der Waals surface area contributed by atoms with Crippen molar-refractivity contribution in [2.24, 2.45) is 0 Å². The van der Waals surface area contributed by atoms with E-state index in [9.17, 15) is 13.2 Å². The standard InChI is InChI=1S/C19H24N2O3S/c1-3-17-11-7-8-12-18(17)20-19(22)15-21(25(2,23)24)14-13-16-9-5-4-6-10-16/h4-12H,3,13-15H2,1-2H3,(H,20,22). The van der Waals surface area contributed by atoms with E-state index in [1.54, 1.807) is 0 Å². The van der Waals surface area contributed by atoms with E-state index >= 15 is 0 Å². The monoisotopic (exact) mass is 360 g/mol. The third kappa shape index (κ3) is 5.99. The van der Waals surface area contributed by atoms with E-state index in [0.717, 1.165) is 29.5 Å². The van der Waals surface area contributed by atoms with E-state index in [-0.39, 0.29) is 19.0 Å². The van der Waals surface area contributed by atoms with Crippen molar-refractivity contribution in [1.82, 2.24) is 4.31 Å². The number of aryl methyl sites for hydroxylation is 1. The molecule has 0 heterocycles. The minimum Gasteiger partial charge on any atom is -0.325 e. The van der Waals surface area contributed by atoms with Gasteiger partial charge in [0.2, 0.25) is 15.9 Å². The predicted molar refractivity (Wildman–Crippen MR) is 101 cm³/mol. The van der Waals surface area contributed by atoms with Crippen LogP contribution in [0.25, 0.3) is 0 Å². The van der Waals surface area contributed by atoms with Gasteiger partial charge in [-0.2, -0.15) is 4.31 Å².